The highest BCUT2D eigenvalue weighted by atomic mass is 16.1. The van der Waals surface area contributed by atoms with Crippen LogP contribution in [0.5, 0.6) is 0 Å². The lowest BCUT2D eigenvalue weighted by molar-refractivity contribution is -0.135. The summed E-state index contributed by atoms with van der Waals surface area (Å²) in [5.74, 6) is 1.34. The molecule has 0 aliphatic heterocycles. The van der Waals surface area contributed by atoms with Gasteiger partial charge in [0.05, 0.1) is 11.5 Å². The Labute approximate surface area is 84.3 Å². The SMILES string of the molecule is N#CC12C[C@H]3C[C@@H](C1)CC(C=O)(C3)C2. The van der Waals surface area contributed by atoms with Gasteiger partial charge in [-0.25, -0.2) is 0 Å². The number of aldehydes is 1. The molecule has 4 rings (SSSR count). The zero-order valence-electron chi connectivity index (χ0n) is 8.33. The molecule has 74 valence electrons. The molecule has 0 saturated heterocycles. The summed E-state index contributed by atoms with van der Waals surface area (Å²) in [7, 11) is 0. The molecule has 0 aromatic rings. The summed E-state index contributed by atoms with van der Waals surface area (Å²) in [5, 5.41) is 9.28. The summed E-state index contributed by atoms with van der Waals surface area (Å²) >= 11 is 0. The van der Waals surface area contributed by atoms with Gasteiger partial charge in [-0.2, -0.15) is 5.26 Å². The zero-order valence-corrected chi connectivity index (χ0v) is 8.33. The van der Waals surface area contributed by atoms with Gasteiger partial charge in [0.2, 0.25) is 0 Å². The summed E-state index contributed by atoms with van der Waals surface area (Å²) in [6.45, 7) is 0. The molecule has 0 aromatic heterocycles. The molecule has 4 aliphatic rings. The molecule has 0 amide bonds. The molecular weight excluding hydrogens is 174 g/mol. The Morgan fingerprint density at radius 2 is 1.86 bits per heavy atom. The van der Waals surface area contributed by atoms with Crippen LogP contribution in [-0.4, -0.2) is 6.29 Å². The number of hydrogen-bond donors (Lipinski definition) is 0. The van der Waals surface area contributed by atoms with Crippen LogP contribution in [0.2, 0.25) is 0 Å². The van der Waals surface area contributed by atoms with Crippen molar-refractivity contribution in [2.75, 3.05) is 0 Å². The Hall–Kier alpha value is -0.840. The molecule has 0 aromatic carbocycles. The molecule has 2 unspecified atom stereocenters. The van der Waals surface area contributed by atoms with Crippen LogP contribution in [0, 0.1) is 34.0 Å². The predicted molar refractivity (Wildman–Crippen MR) is 51.2 cm³/mol. The molecule has 2 heteroatoms. The van der Waals surface area contributed by atoms with Crippen molar-refractivity contribution in [2.45, 2.75) is 38.5 Å². The smallest absolute Gasteiger partial charge is 0.126 e. The van der Waals surface area contributed by atoms with E-state index in [0.717, 1.165) is 38.4 Å². The van der Waals surface area contributed by atoms with Crippen molar-refractivity contribution in [1.29, 1.82) is 5.26 Å². The lowest BCUT2D eigenvalue weighted by atomic mass is 9.45. The van der Waals surface area contributed by atoms with Crippen molar-refractivity contribution >= 4 is 6.29 Å². The topological polar surface area (TPSA) is 40.9 Å². The summed E-state index contributed by atoms with van der Waals surface area (Å²) in [6.07, 6.45) is 7.56. The summed E-state index contributed by atoms with van der Waals surface area (Å²) in [4.78, 5) is 11.2. The average molecular weight is 189 g/mol. The fraction of sp³-hybridized carbons (Fsp3) is 0.833. The van der Waals surface area contributed by atoms with Gasteiger partial charge in [-0.05, 0) is 50.4 Å². The molecule has 2 nitrogen and oxygen atoms in total. The van der Waals surface area contributed by atoms with Crippen LogP contribution in [0.15, 0.2) is 0 Å². The van der Waals surface area contributed by atoms with Gasteiger partial charge in [0.15, 0.2) is 0 Å². The first-order chi connectivity index (χ1) is 6.69. The van der Waals surface area contributed by atoms with Gasteiger partial charge in [-0.15, -0.1) is 0 Å². The molecule has 0 N–H and O–H groups in total. The van der Waals surface area contributed by atoms with Crippen LogP contribution in [0.25, 0.3) is 0 Å². The van der Waals surface area contributed by atoms with Gasteiger partial charge in [-0.3, -0.25) is 0 Å². The second kappa shape index (κ2) is 2.39. The molecule has 4 atom stereocenters. The molecule has 14 heavy (non-hydrogen) atoms. The van der Waals surface area contributed by atoms with E-state index >= 15 is 0 Å². The molecule has 4 bridgehead atoms. The third-order valence-electron chi connectivity index (χ3n) is 4.59. The van der Waals surface area contributed by atoms with E-state index < -0.39 is 0 Å². The van der Waals surface area contributed by atoms with Crippen molar-refractivity contribution in [3.63, 3.8) is 0 Å². The second-order valence-electron chi connectivity index (χ2n) is 5.83. The minimum Gasteiger partial charge on any atom is -0.303 e. The summed E-state index contributed by atoms with van der Waals surface area (Å²) in [6, 6.07) is 2.51. The van der Waals surface area contributed by atoms with E-state index in [1.54, 1.807) is 0 Å². The minimum atomic E-state index is -0.120. The van der Waals surface area contributed by atoms with E-state index in [2.05, 4.69) is 6.07 Å². The van der Waals surface area contributed by atoms with Gasteiger partial charge in [0, 0.05) is 5.41 Å². The molecular formula is C12H15NO. The third kappa shape index (κ3) is 0.932. The second-order valence-corrected chi connectivity index (χ2v) is 5.83. The maximum absolute atomic E-state index is 11.2. The van der Waals surface area contributed by atoms with Crippen LogP contribution >= 0.6 is 0 Å². The van der Waals surface area contributed by atoms with E-state index in [4.69, 9.17) is 0 Å². The van der Waals surface area contributed by atoms with Crippen LogP contribution < -0.4 is 0 Å². The van der Waals surface area contributed by atoms with E-state index in [9.17, 15) is 10.1 Å². The van der Waals surface area contributed by atoms with E-state index in [0.29, 0.717) is 11.8 Å². The molecule has 4 saturated carbocycles. The highest BCUT2D eigenvalue weighted by molar-refractivity contribution is 5.61. The van der Waals surface area contributed by atoms with E-state index in [1.165, 1.54) is 6.42 Å². The molecule has 4 aliphatic carbocycles. The van der Waals surface area contributed by atoms with Gasteiger partial charge in [0.25, 0.3) is 0 Å². The zero-order chi connectivity index (χ0) is 9.81. The fourth-order valence-corrected chi connectivity index (χ4v) is 4.60. The van der Waals surface area contributed by atoms with Crippen molar-refractivity contribution in [2.24, 2.45) is 22.7 Å². The first-order valence-electron chi connectivity index (χ1n) is 5.57. The molecule has 0 radical (unpaired) electrons. The molecule has 0 heterocycles. The largest absolute Gasteiger partial charge is 0.303 e. The first-order valence-corrected chi connectivity index (χ1v) is 5.57. The lowest BCUT2D eigenvalue weighted by Crippen LogP contribution is -2.52. The average Bonchev–Trinajstić information content (AvgIpc) is 2.16. The van der Waals surface area contributed by atoms with Gasteiger partial charge < -0.3 is 4.79 Å². The fourth-order valence-electron chi connectivity index (χ4n) is 4.60. The standard InChI is InChI=1S/C12H15NO/c13-7-11-2-9-1-10(3-11)5-12(4-9,6-11)8-14/h8-10H,1-6H2/t9-,10+,11?,12?. The summed E-state index contributed by atoms with van der Waals surface area (Å²) < 4.78 is 0. The lowest BCUT2D eigenvalue weighted by Gasteiger charge is -2.57. The first kappa shape index (κ1) is 8.47. The highest BCUT2D eigenvalue weighted by Crippen LogP contribution is 2.64. The maximum atomic E-state index is 11.2. The number of carbonyl (C=O) groups is 1. The van der Waals surface area contributed by atoms with Crippen LogP contribution in [-0.2, 0) is 4.79 Å². The van der Waals surface area contributed by atoms with Crippen molar-refractivity contribution < 1.29 is 4.79 Å². The number of hydrogen-bond acceptors (Lipinski definition) is 2. The van der Waals surface area contributed by atoms with Crippen molar-refractivity contribution in [1.82, 2.24) is 0 Å². The number of carbonyl (C=O) groups excluding carboxylic acids is 1. The normalized spacial score (nSPS) is 54.2. The molecule has 0 spiro atoms. The predicted octanol–water partition coefficient (Wildman–Crippen LogP) is 2.30. The Kier molecular flexibility index (Phi) is 1.45. The highest BCUT2D eigenvalue weighted by Gasteiger charge is 2.58. The Balaban J connectivity index is 2.03. The van der Waals surface area contributed by atoms with E-state index in [-0.39, 0.29) is 10.8 Å². The number of rotatable bonds is 1. The minimum absolute atomic E-state index is 0.0974. The third-order valence-corrected chi connectivity index (χ3v) is 4.59. The number of nitriles is 1. The Bertz CT molecular complexity index is 314. The number of nitrogens with zero attached hydrogens (tertiary/aromatic N) is 1. The van der Waals surface area contributed by atoms with Crippen molar-refractivity contribution in [3.05, 3.63) is 0 Å². The van der Waals surface area contributed by atoms with Gasteiger partial charge in [-0.1, -0.05) is 0 Å². The maximum Gasteiger partial charge on any atom is 0.126 e. The van der Waals surface area contributed by atoms with Crippen LogP contribution in [0.3, 0.4) is 0 Å². The summed E-state index contributed by atoms with van der Waals surface area (Å²) in [5.41, 5.74) is -0.217. The monoisotopic (exact) mass is 189 g/mol. The van der Waals surface area contributed by atoms with E-state index in [1.807, 2.05) is 0 Å². The molecule has 4 fully saturated rings. The van der Waals surface area contributed by atoms with Crippen LogP contribution in [0.4, 0.5) is 0 Å². The van der Waals surface area contributed by atoms with Crippen LogP contribution in [0.1, 0.15) is 38.5 Å². The van der Waals surface area contributed by atoms with Gasteiger partial charge >= 0.3 is 0 Å². The van der Waals surface area contributed by atoms with Gasteiger partial charge in [0.1, 0.15) is 6.29 Å². The quantitative estimate of drug-likeness (QED) is 0.594. The van der Waals surface area contributed by atoms with Crippen molar-refractivity contribution in [3.8, 4) is 6.07 Å². The Morgan fingerprint density at radius 3 is 2.36 bits per heavy atom. The Morgan fingerprint density at radius 1 is 1.21 bits per heavy atom.